The first kappa shape index (κ1) is 30.1. The third-order valence-corrected chi connectivity index (χ3v) is 8.22. The monoisotopic (exact) mass is 554 g/mol. The summed E-state index contributed by atoms with van der Waals surface area (Å²) in [5.41, 5.74) is 1.74. The molecule has 2 atom stereocenters. The average molecular weight is 555 g/mol. The number of hydrogen-bond donors (Lipinski definition) is 1. The lowest BCUT2D eigenvalue weighted by molar-refractivity contribution is 0.0332. The van der Waals surface area contributed by atoms with Gasteiger partial charge in [0.15, 0.2) is 0 Å². The summed E-state index contributed by atoms with van der Waals surface area (Å²) in [5, 5.41) is 11.5. The molecule has 1 amide bonds. The number of rotatable bonds is 13. The number of likely N-dealkylation sites (N-methyl/N-ethyl adjacent to an activating group) is 1. The second kappa shape index (κ2) is 14.1. The van der Waals surface area contributed by atoms with Crippen LogP contribution in [0.3, 0.4) is 0 Å². The van der Waals surface area contributed by atoms with Crippen LogP contribution in [0.2, 0.25) is 0 Å². The summed E-state index contributed by atoms with van der Waals surface area (Å²) in [4.78, 5) is 14.5. The molecule has 0 fully saturated rings. The molecule has 0 aromatic heterocycles. The van der Waals surface area contributed by atoms with E-state index >= 15 is 0 Å². The van der Waals surface area contributed by atoms with Crippen molar-refractivity contribution in [2.24, 2.45) is 5.92 Å². The standard InChI is InChI=1S/C30H38N2O6S/c1-23(2)20-32(39(35,36)27-17-15-26(37-4)16-18-27)21-29(33)28(19-24-11-7-5-8-12-24)31(3)30(34)38-22-25-13-9-6-10-14-25/h5-18,23,28-29,33H,19-22H2,1-4H3/t28-,29+/m0/s1. The van der Waals surface area contributed by atoms with Crippen LogP contribution < -0.4 is 4.74 Å². The Balaban J connectivity index is 1.84. The Morgan fingerprint density at radius 3 is 1.97 bits per heavy atom. The van der Waals surface area contributed by atoms with Gasteiger partial charge in [0.05, 0.1) is 24.2 Å². The van der Waals surface area contributed by atoms with Crippen LogP contribution in [0.5, 0.6) is 5.75 Å². The Labute approximate surface area is 231 Å². The summed E-state index contributed by atoms with van der Waals surface area (Å²) in [6, 6.07) is 24.2. The molecule has 210 valence electrons. The molecule has 8 nitrogen and oxygen atoms in total. The normalized spacial score (nSPS) is 13.2. The number of carbonyl (C=O) groups is 1. The van der Waals surface area contributed by atoms with E-state index in [0.29, 0.717) is 12.2 Å². The fourth-order valence-electron chi connectivity index (χ4n) is 4.25. The quantitative estimate of drug-likeness (QED) is 0.332. The number of hydrogen-bond acceptors (Lipinski definition) is 6. The van der Waals surface area contributed by atoms with Crippen molar-refractivity contribution in [3.8, 4) is 5.75 Å². The molecule has 1 N–H and O–H groups in total. The molecule has 0 heterocycles. The van der Waals surface area contributed by atoms with Crippen LogP contribution in [-0.2, 0) is 27.8 Å². The van der Waals surface area contributed by atoms with Gasteiger partial charge in [-0.2, -0.15) is 4.31 Å². The number of aliphatic hydroxyl groups is 1. The lowest BCUT2D eigenvalue weighted by atomic mass is 10.00. The zero-order valence-corrected chi connectivity index (χ0v) is 23.8. The minimum atomic E-state index is -3.93. The SMILES string of the molecule is COc1ccc(S(=O)(=O)N(CC(C)C)C[C@@H](O)[C@H](Cc2ccccc2)N(C)C(=O)OCc2ccccc2)cc1. The van der Waals surface area contributed by atoms with E-state index in [0.717, 1.165) is 11.1 Å². The molecule has 9 heteroatoms. The van der Waals surface area contributed by atoms with E-state index in [2.05, 4.69) is 0 Å². The molecule has 0 radical (unpaired) electrons. The van der Waals surface area contributed by atoms with E-state index in [1.165, 1.54) is 28.4 Å². The van der Waals surface area contributed by atoms with Crippen molar-refractivity contribution in [3.05, 3.63) is 96.1 Å². The maximum Gasteiger partial charge on any atom is 0.410 e. The third kappa shape index (κ3) is 8.54. The number of sulfonamides is 1. The Hall–Kier alpha value is -3.40. The smallest absolute Gasteiger partial charge is 0.410 e. The number of ether oxygens (including phenoxy) is 2. The summed E-state index contributed by atoms with van der Waals surface area (Å²) in [7, 11) is -0.854. The summed E-state index contributed by atoms with van der Waals surface area (Å²) in [6.07, 6.45) is -1.48. The van der Waals surface area contributed by atoms with Crippen LogP contribution in [0.15, 0.2) is 89.8 Å². The van der Waals surface area contributed by atoms with E-state index < -0.39 is 28.3 Å². The first-order chi connectivity index (χ1) is 18.6. The van der Waals surface area contributed by atoms with Gasteiger partial charge in [-0.3, -0.25) is 0 Å². The van der Waals surface area contributed by atoms with Gasteiger partial charge in [0, 0.05) is 20.1 Å². The maximum atomic E-state index is 13.6. The zero-order chi connectivity index (χ0) is 28.4. The highest BCUT2D eigenvalue weighted by Crippen LogP contribution is 2.23. The second-order valence-electron chi connectivity index (χ2n) is 9.87. The van der Waals surface area contributed by atoms with Crippen molar-refractivity contribution in [1.82, 2.24) is 9.21 Å². The third-order valence-electron chi connectivity index (χ3n) is 6.38. The molecule has 0 unspecified atom stereocenters. The van der Waals surface area contributed by atoms with Crippen LogP contribution in [0.25, 0.3) is 0 Å². The summed E-state index contributed by atoms with van der Waals surface area (Å²) < 4.78 is 39.2. The molecule has 0 saturated carbocycles. The Bertz CT molecular complexity index is 1270. The lowest BCUT2D eigenvalue weighted by Crippen LogP contribution is -2.51. The van der Waals surface area contributed by atoms with Gasteiger partial charge >= 0.3 is 6.09 Å². The van der Waals surface area contributed by atoms with Crippen LogP contribution in [-0.4, -0.2) is 68.2 Å². The topological polar surface area (TPSA) is 96.4 Å². The highest BCUT2D eigenvalue weighted by atomic mass is 32.2. The van der Waals surface area contributed by atoms with Gasteiger partial charge in [0.1, 0.15) is 12.4 Å². The largest absolute Gasteiger partial charge is 0.497 e. The van der Waals surface area contributed by atoms with Crippen LogP contribution >= 0.6 is 0 Å². The highest BCUT2D eigenvalue weighted by molar-refractivity contribution is 7.89. The minimum Gasteiger partial charge on any atom is -0.497 e. The summed E-state index contributed by atoms with van der Waals surface area (Å²) >= 11 is 0. The van der Waals surface area contributed by atoms with Crippen LogP contribution in [0.1, 0.15) is 25.0 Å². The first-order valence-electron chi connectivity index (χ1n) is 12.9. The van der Waals surface area contributed by atoms with Crippen LogP contribution in [0, 0.1) is 5.92 Å². The highest BCUT2D eigenvalue weighted by Gasteiger charge is 2.34. The number of methoxy groups -OCH3 is 1. The molecule has 0 saturated heterocycles. The molecule has 3 rings (SSSR count). The average Bonchev–Trinajstić information content (AvgIpc) is 2.94. The Morgan fingerprint density at radius 2 is 1.44 bits per heavy atom. The molecular formula is C30H38N2O6S. The fourth-order valence-corrected chi connectivity index (χ4v) is 5.87. The predicted octanol–water partition coefficient (Wildman–Crippen LogP) is 4.58. The molecule has 39 heavy (non-hydrogen) atoms. The molecule has 3 aromatic rings. The maximum absolute atomic E-state index is 13.6. The number of benzene rings is 3. The van der Waals surface area contributed by atoms with Crippen molar-refractivity contribution >= 4 is 16.1 Å². The molecular weight excluding hydrogens is 516 g/mol. The molecule has 3 aromatic carbocycles. The lowest BCUT2D eigenvalue weighted by Gasteiger charge is -2.34. The van der Waals surface area contributed by atoms with Gasteiger partial charge in [-0.25, -0.2) is 13.2 Å². The first-order valence-corrected chi connectivity index (χ1v) is 14.4. The van der Waals surface area contributed by atoms with Gasteiger partial charge in [-0.1, -0.05) is 74.5 Å². The predicted molar refractivity (Wildman–Crippen MR) is 151 cm³/mol. The van der Waals surface area contributed by atoms with Crippen molar-refractivity contribution in [2.75, 3.05) is 27.2 Å². The number of aliphatic hydroxyl groups excluding tert-OH is 1. The van der Waals surface area contributed by atoms with Crippen molar-refractivity contribution < 1.29 is 27.8 Å². The number of nitrogens with zero attached hydrogens (tertiary/aromatic N) is 2. The van der Waals surface area contributed by atoms with Crippen molar-refractivity contribution in [2.45, 2.75) is 43.9 Å². The molecule has 0 aliphatic heterocycles. The molecule has 0 aliphatic carbocycles. The van der Waals surface area contributed by atoms with E-state index in [9.17, 15) is 18.3 Å². The Morgan fingerprint density at radius 1 is 0.872 bits per heavy atom. The van der Waals surface area contributed by atoms with Gasteiger partial charge in [-0.05, 0) is 47.7 Å². The van der Waals surface area contributed by atoms with Gasteiger partial charge in [0.2, 0.25) is 10.0 Å². The van der Waals surface area contributed by atoms with Crippen LogP contribution in [0.4, 0.5) is 4.79 Å². The van der Waals surface area contributed by atoms with E-state index in [-0.39, 0.29) is 30.5 Å². The van der Waals surface area contributed by atoms with E-state index in [1.54, 1.807) is 19.2 Å². The fraction of sp³-hybridized carbons (Fsp3) is 0.367. The number of amides is 1. The Kier molecular flexibility index (Phi) is 10.9. The van der Waals surface area contributed by atoms with Gasteiger partial charge in [-0.15, -0.1) is 0 Å². The van der Waals surface area contributed by atoms with E-state index in [1.807, 2.05) is 74.5 Å². The molecule has 0 spiro atoms. The van der Waals surface area contributed by atoms with Crippen molar-refractivity contribution in [1.29, 1.82) is 0 Å². The summed E-state index contributed by atoms with van der Waals surface area (Å²) in [5.74, 6) is 0.550. The molecule has 0 bridgehead atoms. The molecule has 0 aliphatic rings. The number of carbonyl (C=O) groups excluding carboxylic acids is 1. The second-order valence-corrected chi connectivity index (χ2v) is 11.8. The van der Waals surface area contributed by atoms with Crippen molar-refractivity contribution in [3.63, 3.8) is 0 Å². The minimum absolute atomic E-state index is 0.00589. The van der Waals surface area contributed by atoms with Gasteiger partial charge in [0.25, 0.3) is 0 Å². The van der Waals surface area contributed by atoms with E-state index in [4.69, 9.17) is 9.47 Å². The van der Waals surface area contributed by atoms with Gasteiger partial charge < -0.3 is 19.5 Å². The summed E-state index contributed by atoms with van der Waals surface area (Å²) in [6.45, 7) is 3.92. The zero-order valence-electron chi connectivity index (χ0n) is 22.9.